The lowest BCUT2D eigenvalue weighted by molar-refractivity contribution is -0.151. The zero-order valence-corrected chi connectivity index (χ0v) is 13.7. The van der Waals surface area contributed by atoms with Crippen molar-refractivity contribution in [3.63, 3.8) is 0 Å². The minimum absolute atomic E-state index is 0.0352. The molecule has 1 saturated heterocycles. The third-order valence-electron chi connectivity index (χ3n) is 3.99. The summed E-state index contributed by atoms with van der Waals surface area (Å²) in [5, 5.41) is 2.79. The van der Waals surface area contributed by atoms with Crippen LogP contribution in [0.25, 0.3) is 0 Å². The second-order valence-corrected chi connectivity index (χ2v) is 6.15. The summed E-state index contributed by atoms with van der Waals surface area (Å²) in [7, 11) is 0. The first-order valence-corrected chi connectivity index (χ1v) is 7.75. The van der Waals surface area contributed by atoms with Crippen LogP contribution >= 0.6 is 15.9 Å². The van der Waals surface area contributed by atoms with E-state index in [0.29, 0.717) is 18.4 Å². The van der Waals surface area contributed by atoms with Gasteiger partial charge in [-0.2, -0.15) is 0 Å². The molecule has 0 atom stereocenters. The van der Waals surface area contributed by atoms with Crippen LogP contribution in [0, 0.1) is 5.82 Å². The van der Waals surface area contributed by atoms with Crippen molar-refractivity contribution in [1.82, 2.24) is 10.2 Å². The van der Waals surface area contributed by atoms with Crippen molar-refractivity contribution in [3.8, 4) is 0 Å². The van der Waals surface area contributed by atoms with Crippen LogP contribution in [0.1, 0.15) is 32.3 Å². The Bertz CT molecular complexity index is 573. The molecule has 1 fully saturated rings. The van der Waals surface area contributed by atoms with Crippen LogP contribution in [0.4, 0.5) is 4.39 Å². The summed E-state index contributed by atoms with van der Waals surface area (Å²) in [6.45, 7) is 3.79. The summed E-state index contributed by atoms with van der Waals surface area (Å²) in [6, 6.07) is 4.58. The molecule has 1 aromatic carbocycles. The highest BCUT2D eigenvalue weighted by molar-refractivity contribution is 9.10. The SMILES string of the molecule is CCC1(CC)NC(=O)CN(Cc2cc(Br)ccc2F)C1=O. The highest BCUT2D eigenvalue weighted by Crippen LogP contribution is 2.25. The Balaban J connectivity index is 2.28. The number of benzene rings is 1. The number of amides is 2. The lowest BCUT2D eigenvalue weighted by atomic mass is 9.88. The molecule has 21 heavy (non-hydrogen) atoms. The molecule has 2 amide bonds. The minimum Gasteiger partial charge on any atom is -0.340 e. The van der Waals surface area contributed by atoms with E-state index in [9.17, 15) is 14.0 Å². The van der Waals surface area contributed by atoms with Gasteiger partial charge in [-0.05, 0) is 31.0 Å². The van der Waals surface area contributed by atoms with Crippen LogP contribution in [0.15, 0.2) is 22.7 Å². The number of piperazine rings is 1. The molecule has 0 saturated carbocycles. The Morgan fingerprint density at radius 3 is 2.62 bits per heavy atom. The highest BCUT2D eigenvalue weighted by atomic mass is 79.9. The molecule has 1 aromatic rings. The molecule has 0 aliphatic carbocycles. The maximum atomic E-state index is 13.8. The number of nitrogens with zero attached hydrogens (tertiary/aromatic N) is 1. The van der Waals surface area contributed by atoms with Gasteiger partial charge in [0.25, 0.3) is 0 Å². The van der Waals surface area contributed by atoms with Crippen molar-refractivity contribution in [2.75, 3.05) is 6.54 Å². The largest absolute Gasteiger partial charge is 0.340 e. The van der Waals surface area contributed by atoms with Crippen molar-refractivity contribution >= 4 is 27.7 Å². The maximum Gasteiger partial charge on any atom is 0.249 e. The van der Waals surface area contributed by atoms with Crippen LogP contribution in [0.3, 0.4) is 0 Å². The van der Waals surface area contributed by atoms with E-state index in [2.05, 4.69) is 21.2 Å². The summed E-state index contributed by atoms with van der Waals surface area (Å²) in [5.74, 6) is -0.726. The molecule has 6 heteroatoms. The Morgan fingerprint density at radius 2 is 2.00 bits per heavy atom. The lowest BCUT2D eigenvalue weighted by Crippen LogP contribution is -2.65. The first-order chi connectivity index (χ1) is 9.91. The molecule has 0 unspecified atom stereocenters. The van der Waals surface area contributed by atoms with E-state index in [1.54, 1.807) is 12.1 Å². The number of carbonyl (C=O) groups is 2. The van der Waals surface area contributed by atoms with Crippen LogP contribution in [0.2, 0.25) is 0 Å². The van der Waals surface area contributed by atoms with Crippen LogP contribution in [-0.2, 0) is 16.1 Å². The topological polar surface area (TPSA) is 49.4 Å². The number of hydrogen-bond acceptors (Lipinski definition) is 2. The fraction of sp³-hybridized carbons (Fsp3) is 0.467. The van der Waals surface area contributed by atoms with Gasteiger partial charge in [-0.15, -0.1) is 0 Å². The summed E-state index contributed by atoms with van der Waals surface area (Å²) in [5.41, 5.74) is -0.466. The van der Waals surface area contributed by atoms with Gasteiger partial charge in [-0.3, -0.25) is 9.59 Å². The molecule has 1 aliphatic rings. The zero-order chi connectivity index (χ0) is 15.6. The number of nitrogens with one attached hydrogen (secondary N) is 1. The zero-order valence-electron chi connectivity index (χ0n) is 12.1. The van der Waals surface area contributed by atoms with Crippen molar-refractivity contribution in [2.24, 2.45) is 0 Å². The van der Waals surface area contributed by atoms with E-state index in [1.165, 1.54) is 11.0 Å². The molecule has 1 heterocycles. The quantitative estimate of drug-likeness (QED) is 0.901. The molecule has 0 radical (unpaired) electrons. The number of hydrogen-bond donors (Lipinski definition) is 1. The Morgan fingerprint density at radius 1 is 1.33 bits per heavy atom. The van der Waals surface area contributed by atoms with E-state index in [4.69, 9.17) is 0 Å². The van der Waals surface area contributed by atoms with E-state index in [1.807, 2.05) is 13.8 Å². The fourth-order valence-electron chi connectivity index (χ4n) is 2.63. The number of halogens is 2. The molecule has 4 nitrogen and oxygen atoms in total. The van der Waals surface area contributed by atoms with Gasteiger partial charge in [0.1, 0.15) is 11.4 Å². The smallest absolute Gasteiger partial charge is 0.249 e. The highest BCUT2D eigenvalue weighted by Gasteiger charge is 2.43. The van der Waals surface area contributed by atoms with Gasteiger partial charge in [-0.25, -0.2) is 4.39 Å². The molecular formula is C15H18BrFN2O2. The van der Waals surface area contributed by atoms with Crippen molar-refractivity contribution in [3.05, 3.63) is 34.1 Å². The van der Waals surface area contributed by atoms with Crippen molar-refractivity contribution in [1.29, 1.82) is 0 Å². The molecule has 114 valence electrons. The Hall–Kier alpha value is -1.43. The van der Waals surface area contributed by atoms with Crippen molar-refractivity contribution < 1.29 is 14.0 Å². The monoisotopic (exact) mass is 356 g/mol. The summed E-state index contributed by atoms with van der Waals surface area (Å²) >= 11 is 3.29. The van der Waals surface area contributed by atoms with Gasteiger partial charge >= 0.3 is 0 Å². The molecular weight excluding hydrogens is 339 g/mol. The average Bonchev–Trinajstić information content (AvgIpc) is 2.46. The Labute approximate surface area is 131 Å². The second-order valence-electron chi connectivity index (χ2n) is 5.23. The van der Waals surface area contributed by atoms with Crippen LogP contribution in [-0.4, -0.2) is 28.8 Å². The van der Waals surface area contributed by atoms with Gasteiger partial charge in [0.05, 0.1) is 6.54 Å². The number of rotatable bonds is 4. The van der Waals surface area contributed by atoms with Gasteiger partial charge in [0.2, 0.25) is 11.8 Å². The van der Waals surface area contributed by atoms with Gasteiger partial charge in [0, 0.05) is 16.6 Å². The van der Waals surface area contributed by atoms with Gasteiger partial charge in [0.15, 0.2) is 0 Å². The molecule has 2 rings (SSSR count). The Kier molecular flexibility index (Phi) is 4.66. The third kappa shape index (κ3) is 3.10. The third-order valence-corrected chi connectivity index (χ3v) is 4.48. The summed E-state index contributed by atoms with van der Waals surface area (Å²) < 4.78 is 14.6. The molecule has 0 aromatic heterocycles. The standard InChI is InChI=1S/C15H18BrFN2O2/c1-3-15(4-2)14(21)19(9-13(20)18-15)8-10-7-11(16)5-6-12(10)17/h5-7H,3-4,8-9H2,1-2H3,(H,18,20). The van der Waals surface area contributed by atoms with E-state index in [0.717, 1.165) is 4.47 Å². The normalized spacial score (nSPS) is 17.8. The predicted molar refractivity (Wildman–Crippen MR) is 81.0 cm³/mol. The maximum absolute atomic E-state index is 13.8. The number of carbonyl (C=O) groups excluding carboxylic acids is 2. The van der Waals surface area contributed by atoms with Crippen molar-refractivity contribution in [2.45, 2.75) is 38.8 Å². The summed E-state index contributed by atoms with van der Waals surface area (Å²) in [4.78, 5) is 25.9. The average molecular weight is 357 g/mol. The van der Waals surface area contributed by atoms with E-state index in [-0.39, 0.29) is 30.7 Å². The van der Waals surface area contributed by atoms with Crippen LogP contribution < -0.4 is 5.32 Å². The molecule has 1 N–H and O–H groups in total. The molecule has 0 bridgehead atoms. The minimum atomic E-state index is -0.863. The molecule has 1 aliphatic heterocycles. The summed E-state index contributed by atoms with van der Waals surface area (Å²) in [6.07, 6.45) is 1.04. The van der Waals surface area contributed by atoms with Gasteiger partial charge in [-0.1, -0.05) is 29.8 Å². The van der Waals surface area contributed by atoms with Crippen LogP contribution in [0.5, 0.6) is 0 Å². The first-order valence-electron chi connectivity index (χ1n) is 6.96. The van der Waals surface area contributed by atoms with E-state index >= 15 is 0 Å². The molecule has 0 spiro atoms. The first kappa shape index (κ1) is 15.9. The fourth-order valence-corrected chi connectivity index (χ4v) is 3.04. The second kappa shape index (κ2) is 6.13. The predicted octanol–water partition coefficient (Wildman–Crippen LogP) is 2.61. The lowest BCUT2D eigenvalue weighted by Gasteiger charge is -2.41. The van der Waals surface area contributed by atoms with E-state index < -0.39 is 5.54 Å². The van der Waals surface area contributed by atoms with Gasteiger partial charge < -0.3 is 10.2 Å².